The molecule has 1 unspecified atom stereocenters. The molecule has 0 saturated heterocycles. The fourth-order valence-electron chi connectivity index (χ4n) is 2.96. The number of thiophene rings is 1. The van der Waals surface area contributed by atoms with Gasteiger partial charge in [0.2, 0.25) is 0 Å². The standard InChI is InChI=1S/C23H28N4O2S/c1-2-24-23(26-14-8-13-25-22(29)17-9-4-3-5-10-17)27-16-19(28)21-15-18-11-6-7-12-20(18)30-21/h3-7,9-12,15,19,28H,2,8,13-14,16H2,1H3,(H,25,29)(H2,24,26,27). The highest BCUT2D eigenvalue weighted by molar-refractivity contribution is 7.19. The molecule has 1 heterocycles. The molecule has 0 aliphatic rings. The van der Waals surface area contributed by atoms with Gasteiger partial charge in [-0.2, -0.15) is 0 Å². The van der Waals surface area contributed by atoms with E-state index in [1.807, 2.05) is 49.4 Å². The summed E-state index contributed by atoms with van der Waals surface area (Å²) < 4.78 is 1.16. The first-order valence-electron chi connectivity index (χ1n) is 10.2. The van der Waals surface area contributed by atoms with Crippen LogP contribution in [0.25, 0.3) is 10.1 Å². The van der Waals surface area contributed by atoms with Crippen LogP contribution in [-0.4, -0.2) is 43.2 Å². The van der Waals surface area contributed by atoms with Crippen LogP contribution in [0.4, 0.5) is 0 Å². The molecule has 158 valence electrons. The van der Waals surface area contributed by atoms with Crippen molar-refractivity contribution in [3.63, 3.8) is 0 Å². The highest BCUT2D eigenvalue weighted by Gasteiger charge is 2.11. The number of carbonyl (C=O) groups excluding carboxylic acids is 1. The fraction of sp³-hybridized carbons (Fsp3) is 0.304. The van der Waals surface area contributed by atoms with Gasteiger partial charge in [-0.25, -0.2) is 0 Å². The van der Waals surface area contributed by atoms with Gasteiger partial charge in [0.15, 0.2) is 5.96 Å². The highest BCUT2D eigenvalue weighted by atomic mass is 32.1. The van der Waals surface area contributed by atoms with Gasteiger partial charge < -0.3 is 21.1 Å². The van der Waals surface area contributed by atoms with Crippen LogP contribution in [0.15, 0.2) is 65.7 Å². The largest absolute Gasteiger partial charge is 0.386 e. The molecular formula is C23H28N4O2S. The Kier molecular flexibility index (Phi) is 8.23. The van der Waals surface area contributed by atoms with E-state index in [1.165, 1.54) is 0 Å². The molecule has 30 heavy (non-hydrogen) atoms. The number of aliphatic hydroxyl groups excluding tert-OH is 1. The van der Waals surface area contributed by atoms with Crippen molar-refractivity contribution in [2.45, 2.75) is 19.4 Å². The smallest absolute Gasteiger partial charge is 0.251 e. The van der Waals surface area contributed by atoms with Crippen LogP contribution >= 0.6 is 11.3 Å². The van der Waals surface area contributed by atoms with E-state index in [2.05, 4.69) is 27.0 Å². The lowest BCUT2D eigenvalue weighted by atomic mass is 10.2. The number of carbonyl (C=O) groups is 1. The lowest BCUT2D eigenvalue weighted by Gasteiger charge is -2.13. The van der Waals surface area contributed by atoms with E-state index in [9.17, 15) is 9.90 Å². The van der Waals surface area contributed by atoms with Gasteiger partial charge in [-0.3, -0.25) is 9.79 Å². The topological polar surface area (TPSA) is 85.8 Å². The monoisotopic (exact) mass is 424 g/mol. The Hall–Kier alpha value is -2.90. The lowest BCUT2D eigenvalue weighted by Crippen LogP contribution is -2.39. The first kappa shape index (κ1) is 21.8. The number of nitrogens with zero attached hydrogens (tertiary/aromatic N) is 1. The number of hydrogen-bond donors (Lipinski definition) is 4. The molecule has 1 aromatic heterocycles. The average molecular weight is 425 g/mol. The highest BCUT2D eigenvalue weighted by Crippen LogP contribution is 2.29. The number of fused-ring (bicyclic) bond motifs is 1. The van der Waals surface area contributed by atoms with Crippen molar-refractivity contribution < 1.29 is 9.90 Å². The van der Waals surface area contributed by atoms with Gasteiger partial charge in [-0.05, 0) is 43.0 Å². The summed E-state index contributed by atoms with van der Waals surface area (Å²) in [6.07, 6.45) is 0.130. The molecule has 6 nitrogen and oxygen atoms in total. The van der Waals surface area contributed by atoms with Crippen molar-refractivity contribution in [3.05, 3.63) is 71.1 Å². The minimum Gasteiger partial charge on any atom is -0.386 e. The lowest BCUT2D eigenvalue weighted by molar-refractivity contribution is 0.0953. The molecule has 2 aromatic carbocycles. The summed E-state index contributed by atoms with van der Waals surface area (Å²) in [6.45, 7) is 4.26. The molecule has 0 aliphatic heterocycles. The number of rotatable bonds is 9. The molecular weight excluding hydrogens is 396 g/mol. The number of nitrogens with one attached hydrogen (secondary N) is 3. The van der Waals surface area contributed by atoms with E-state index in [1.54, 1.807) is 23.5 Å². The summed E-state index contributed by atoms with van der Waals surface area (Å²) >= 11 is 1.60. The van der Waals surface area contributed by atoms with Gasteiger partial charge in [0.1, 0.15) is 6.10 Å². The molecule has 0 bridgehead atoms. The van der Waals surface area contributed by atoms with Crippen molar-refractivity contribution in [1.82, 2.24) is 16.0 Å². The predicted octanol–water partition coefficient (Wildman–Crippen LogP) is 3.31. The van der Waals surface area contributed by atoms with Crippen LogP contribution in [0.1, 0.15) is 34.7 Å². The molecule has 7 heteroatoms. The van der Waals surface area contributed by atoms with Crippen LogP contribution in [0.3, 0.4) is 0 Å². The van der Waals surface area contributed by atoms with Crippen molar-refractivity contribution in [2.24, 2.45) is 4.99 Å². The molecule has 3 aromatic rings. The maximum atomic E-state index is 12.0. The Morgan fingerprint density at radius 1 is 1.03 bits per heavy atom. The van der Waals surface area contributed by atoms with Gasteiger partial charge in [-0.1, -0.05) is 36.4 Å². The van der Waals surface area contributed by atoms with E-state index < -0.39 is 6.10 Å². The molecule has 0 fully saturated rings. The first-order valence-corrected chi connectivity index (χ1v) is 11.0. The molecule has 0 aliphatic carbocycles. The molecule has 3 rings (SSSR count). The number of amides is 1. The maximum Gasteiger partial charge on any atom is 0.251 e. The summed E-state index contributed by atoms with van der Waals surface area (Å²) in [7, 11) is 0. The van der Waals surface area contributed by atoms with Crippen LogP contribution in [0, 0.1) is 0 Å². The Labute approximate surface area is 181 Å². The van der Waals surface area contributed by atoms with E-state index in [4.69, 9.17) is 0 Å². The summed E-state index contributed by atoms with van der Waals surface area (Å²) in [6, 6.07) is 19.3. The van der Waals surface area contributed by atoms with Crippen molar-refractivity contribution in [1.29, 1.82) is 0 Å². The zero-order chi connectivity index (χ0) is 21.2. The molecule has 1 amide bonds. The molecule has 1 atom stereocenters. The van der Waals surface area contributed by atoms with Gasteiger partial charge in [0.25, 0.3) is 5.91 Å². The van der Waals surface area contributed by atoms with Crippen LogP contribution in [0.5, 0.6) is 0 Å². The number of benzene rings is 2. The van der Waals surface area contributed by atoms with Gasteiger partial charge in [0.05, 0.1) is 6.54 Å². The zero-order valence-corrected chi connectivity index (χ0v) is 17.9. The zero-order valence-electron chi connectivity index (χ0n) is 17.1. The van der Waals surface area contributed by atoms with Crippen LogP contribution < -0.4 is 16.0 Å². The third kappa shape index (κ3) is 6.30. The third-order valence-corrected chi connectivity index (χ3v) is 5.72. The van der Waals surface area contributed by atoms with E-state index in [-0.39, 0.29) is 12.5 Å². The molecule has 0 spiro atoms. The van der Waals surface area contributed by atoms with Crippen molar-refractivity contribution >= 4 is 33.3 Å². The SMILES string of the molecule is CCNC(=NCC(O)c1cc2ccccc2s1)NCCCNC(=O)c1ccccc1. The Morgan fingerprint density at radius 3 is 2.53 bits per heavy atom. The second kappa shape index (κ2) is 11.3. The quantitative estimate of drug-likeness (QED) is 0.241. The summed E-state index contributed by atoms with van der Waals surface area (Å²) in [5, 5.41) is 21.0. The fourth-order valence-corrected chi connectivity index (χ4v) is 4.01. The summed E-state index contributed by atoms with van der Waals surface area (Å²) in [5.74, 6) is 0.592. The van der Waals surface area contributed by atoms with Crippen LogP contribution in [0.2, 0.25) is 0 Å². The number of guanidine groups is 1. The summed E-state index contributed by atoms with van der Waals surface area (Å²) in [4.78, 5) is 17.4. The van der Waals surface area contributed by atoms with E-state index >= 15 is 0 Å². The minimum atomic E-state index is -0.636. The van der Waals surface area contributed by atoms with Gasteiger partial charge >= 0.3 is 0 Å². The first-order chi connectivity index (χ1) is 14.7. The summed E-state index contributed by atoms with van der Waals surface area (Å²) in [5.41, 5.74) is 0.663. The second-order valence-electron chi connectivity index (χ2n) is 6.82. The Morgan fingerprint density at radius 2 is 1.77 bits per heavy atom. The molecule has 0 radical (unpaired) electrons. The predicted molar refractivity (Wildman–Crippen MR) is 124 cm³/mol. The number of aliphatic imine (C=N–C) groups is 1. The molecule has 4 N–H and O–H groups in total. The van der Waals surface area contributed by atoms with Gasteiger partial charge in [-0.15, -0.1) is 11.3 Å². The van der Waals surface area contributed by atoms with Crippen LogP contribution in [-0.2, 0) is 0 Å². The Bertz CT molecular complexity index is 939. The Balaban J connectivity index is 1.44. The van der Waals surface area contributed by atoms with E-state index in [0.29, 0.717) is 24.6 Å². The van der Waals surface area contributed by atoms with Gasteiger partial charge in [0, 0.05) is 34.8 Å². The average Bonchev–Trinajstić information content (AvgIpc) is 3.22. The minimum absolute atomic E-state index is 0.0670. The maximum absolute atomic E-state index is 12.0. The normalized spacial score (nSPS) is 12.5. The van der Waals surface area contributed by atoms with Crippen molar-refractivity contribution in [2.75, 3.05) is 26.2 Å². The number of hydrogen-bond acceptors (Lipinski definition) is 4. The molecule has 0 saturated carbocycles. The number of aliphatic hydroxyl groups is 1. The third-order valence-electron chi connectivity index (χ3n) is 4.51. The van der Waals surface area contributed by atoms with Crippen molar-refractivity contribution in [3.8, 4) is 0 Å². The van der Waals surface area contributed by atoms with E-state index in [0.717, 1.165) is 27.9 Å². The second-order valence-corrected chi connectivity index (χ2v) is 7.94.